The molecule has 6 rings (SSSR count). The van der Waals surface area contributed by atoms with E-state index in [1.807, 2.05) is 90.9 Å². The van der Waals surface area contributed by atoms with Crippen molar-refractivity contribution in [1.82, 2.24) is 19.2 Å². The van der Waals surface area contributed by atoms with Crippen LogP contribution in [-0.2, 0) is 6.54 Å². The molecule has 0 atom stereocenters. The zero-order chi connectivity index (χ0) is 27.1. The van der Waals surface area contributed by atoms with Crippen molar-refractivity contribution in [3.63, 3.8) is 0 Å². The van der Waals surface area contributed by atoms with E-state index in [2.05, 4.69) is 9.98 Å². The smallest absolute Gasteiger partial charge is 0.279 e. The van der Waals surface area contributed by atoms with Gasteiger partial charge in [0.1, 0.15) is 0 Å². The third-order valence-electron chi connectivity index (χ3n) is 7.03. The average Bonchev–Trinajstić information content (AvgIpc) is 3.66. The Kier molecular flexibility index (Phi) is 6.18. The largest absolute Gasteiger partial charge is 0.280 e. The Morgan fingerprint density at radius 1 is 0.744 bits per heavy atom. The predicted octanol–water partition coefficient (Wildman–Crippen LogP) is 3.67. The van der Waals surface area contributed by atoms with Crippen molar-refractivity contribution in [3.05, 3.63) is 106 Å². The molecule has 0 saturated heterocycles. The van der Waals surface area contributed by atoms with Crippen LogP contribution >= 0.6 is 0 Å². The molecule has 0 fully saturated rings. The zero-order valence-corrected chi connectivity index (χ0v) is 22.2. The highest BCUT2D eigenvalue weighted by Crippen LogP contribution is 2.23. The van der Waals surface area contributed by atoms with Crippen LogP contribution in [0.15, 0.2) is 82.8 Å². The third kappa shape index (κ3) is 4.56. The Balaban J connectivity index is 1.41. The molecule has 0 unspecified atom stereocenters. The van der Waals surface area contributed by atoms with E-state index in [4.69, 9.17) is 5.10 Å². The molecule has 39 heavy (non-hydrogen) atoms. The number of hydrogen-bond donors (Lipinski definition) is 0. The topological polar surface area (TPSA) is 88.1 Å². The van der Waals surface area contributed by atoms with Gasteiger partial charge in [0, 0.05) is 30.8 Å². The number of fused-ring (bicyclic) bond motifs is 1. The molecule has 0 aliphatic carbocycles. The van der Waals surface area contributed by atoms with E-state index in [0.29, 0.717) is 54.8 Å². The van der Waals surface area contributed by atoms with Gasteiger partial charge in [0.2, 0.25) is 17.5 Å². The van der Waals surface area contributed by atoms with Crippen molar-refractivity contribution in [2.45, 2.75) is 27.3 Å². The fraction of sp³-hybridized carbons (Fsp3) is 0.233. The summed E-state index contributed by atoms with van der Waals surface area (Å²) >= 11 is 0. The molecule has 3 heterocycles. The van der Waals surface area contributed by atoms with Crippen LogP contribution in [0.2, 0.25) is 0 Å². The molecule has 0 bridgehead atoms. The van der Waals surface area contributed by atoms with Gasteiger partial charge in [-0.25, -0.2) is 0 Å². The first-order valence-electron chi connectivity index (χ1n) is 13.0. The number of carbonyl (C=O) groups excluding carboxylic acids is 2. The second-order valence-electron chi connectivity index (χ2n) is 9.94. The van der Waals surface area contributed by atoms with Crippen molar-refractivity contribution in [3.8, 4) is 5.69 Å². The maximum absolute atomic E-state index is 13.4. The van der Waals surface area contributed by atoms with Crippen LogP contribution in [0.1, 0.15) is 37.4 Å². The molecule has 9 heteroatoms. The van der Waals surface area contributed by atoms with Gasteiger partial charge in [-0.3, -0.25) is 28.9 Å². The molecule has 2 aliphatic heterocycles. The van der Waals surface area contributed by atoms with Crippen molar-refractivity contribution < 1.29 is 9.59 Å². The summed E-state index contributed by atoms with van der Waals surface area (Å²) in [6, 6.07) is 22.8. The quantitative estimate of drug-likeness (QED) is 0.413. The lowest BCUT2D eigenvalue weighted by atomic mass is 10.1. The molecule has 196 valence electrons. The van der Waals surface area contributed by atoms with Crippen molar-refractivity contribution >= 4 is 23.7 Å². The van der Waals surface area contributed by atoms with Crippen LogP contribution in [0.3, 0.4) is 0 Å². The van der Waals surface area contributed by atoms with Gasteiger partial charge in [-0.05, 0) is 57.2 Å². The SMILES string of the molecule is Cc1ccc(C(=O)N=c2n(-c3ccc(C)cc3)nc3n2CCN3C2=NCCN2C(=O)c2ccc(C)cc2)cc1. The first-order valence-corrected chi connectivity index (χ1v) is 13.0. The monoisotopic (exact) mass is 519 g/mol. The first kappa shape index (κ1) is 24.5. The van der Waals surface area contributed by atoms with Crippen LogP contribution in [0.5, 0.6) is 0 Å². The number of rotatable bonds is 3. The summed E-state index contributed by atoms with van der Waals surface area (Å²) in [6.45, 7) is 8.13. The van der Waals surface area contributed by atoms with Crippen molar-refractivity contribution in [2.24, 2.45) is 9.98 Å². The number of hydrogen-bond acceptors (Lipinski definition) is 5. The van der Waals surface area contributed by atoms with E-state index in [9.17, 15) is 9.59 Å². The lowest BCUT2D eigenvalue weighted by Crippen LogP contribution is -2.44. The van der Waals surface area contributed by atoms with Gasteiger partial charge in [-0.1, -0.05) is 53.1 Å². The molecule has 0 saturated carbocycles. The number of benzene rings is 3. The van der Waals surface area contributed by atoms with Gasteiger partial charge in [-0.15, -0.1) is 5.10 Å². The Bertz CT molecular complexity index is 1660. The van der Waals surface area contributed by atoms with E-state index in [1.165, 1.54) is 0 Å². The minimum atomic E-state index is -0.341. The molecular formula is C30H29N7O2. The van der Waals surface area contributed by atoms with E-state index in [-0.39, 0.29) is 11.8 Å². The predicted molar refractivity (Wildman–Crippen MR) is 149 cm³/mol. The number of anilines is 1. The van der Waals surface area contributed by atoms with Gasteiger partial charge in [0.15, 0.2) is 0 Å². The molecule has 3 aromatic carbocycles. The Hall–Kier alpha value is -4.79. The average molecular weight is 520 g/mol. The summed E-state index contributed by atoms with van der Waals surface area (Å²) in [6.07, 6.45) is 0. The second-order valence-corrected chi connectivity index (χ2v) is 9.94. The standard InChI is InChI=1S/C30H29N7O2/c1-20-4-10-23(11-5-20)26(38)32-29-36-19-18-35(30(36)33-37(29)25-14-8-22(3)9-15-25)28-31-16-17-34(28)27(39)24-12-6-21(2)7-13-24/h4-15H,16-19H2,1-3H3. The Labute approximate surface area is 226 Å². The maximum Gasteiger partial charge on any atom is 0.280 e. The van der Waals surface area contributed by atoms with Crippen LogP contribution in [-0.4, -0.2) is 56.7 Å². The molecular weight excluding hydrogens is 490 g/mol. The van der Waals surface area contributed by atoms with Crippen molar-refractivity contribution in [1.29, 1.82) is 0 Å². The van der Waals surface area contributed by atoms with Gasteiger partial charge >= 0.3 is 0 Å². The minimum Gasteiger partial charge on any atom is -0.279 e. The second kappa shape index (κ2) is 9.83. The summed E-state index contributed by atoms with van der Waals surface area (Å²) in [4.78, 5) is 39.5. The number of guanidine groups is 1. The Morgan fingerprint density at radius 2 is 1.33 bits per heavy atom. The van der Waals surface area contributed by atoms with Crippen molar-refractivity contribution in [2.75, 3.05) is 24.5 Å². The van der Waals surface area contributed by atoms with E-state index < -0.39 is 0 Å². The molecule has 9 nitrogen and oxygen atoms in total. The zero-order valence-electron chi connectivity index (χ0n) is 22.2. The van der Waals surface area contributed by atoms with Gasteiger partial charge < -0.3 is 0 Å². The fourth-order valence-electron chi connectivity index (χ4n) is 4.81. The number of amides is 2. The molecule has 2 amide bonds. The van der Waals surface area contributed by atoms with Crippen LogP contribution in [0.25, 0.3) is 5.69 Å². The summed E-state index contributed by atoms with van der Waals surface area (Å²) in [5.41, 5.74) is 5.64. The summed E-state index contributed by atoms with van der Waals surface area (Å²) in [7, 11) is 0. The summed E-state index contributed by atoms with van der Waals surface area (Å²) in [5.74, 6) is 0.721. The molecule has 0 spiro atoms. The minimum absolute atomic E-state index is 0.0953. The number of aliphatic imine (C=N–C) groups is 1. The molecule has 0 N–H and O–H groups in total. The molecule has 4 aromatic rings. The highest BCUT2D eigenvalue weighted by atomic mass is 16.2. The molecule has 2 aliphatic rings. The maximum atomic E-state index is 13.4. The number of aryl methyl sites for hydroxylation is 3. The lowest BCUT2D eigenvalue weighted by Gasteiger charge is -2.24. The lowest BCUT2D eigenvalue weighted by molar-refractivity contribution is 0.0855. The fourth-order valence-corrected chi connectivity index (χ4v) is 4.81. The third-order valence-corrected chi connectivity index (χ3v) is 7.03. The normalized spacial score (nSPS) is 15.1. The number of carbonyl (C=O) groups is 2. The van der Waals surface area contributed by atoms with Crippen LogP contribution in [0, 0.1) is 20.8 Å². The molecule has 1 aromatic heterocycles. The first-order chi connectivity index (χ1) is 18.9. The summed E-state index contributed by atoms with van der Waals surface area (Å²) in [5, 5.41) is 4.90. The van der Waals surface area contributed by atoms with Gasteiger partial charge in [0.05, 0.1) is 12.2 Å². The van der Waals surface area contributed by atoms with Crippen LogP contribution < -0.4 is 10.5 Å². The van der Waals surface area contributed by atoms with Crippen LogP contribution in [0.4, 0.5) is 5.95 Å². The van der Waals surface area contributed by atoms with Gasteiger partial charge in [-0.2, -0.15) is 9.67 Å². The van der Waals surface area contributed by atoms with Gasteiger partial charge in [0.25, 0.3) is 11.8 Å². The van der Waals surface area contributed by atoms with E-state index >= 15 is 0 Å². The van der Waals surface area contributed by atoms with E-state index in [1.54, 1.807) is 21.7 Å². The highest BCUT2D eigenvalue weighted by Gasteiger charge is 2.36. The number of aromatic nitrogens is 3. The number of nitrogens with zero attached hydrogens (tertiary/aromatic N) is 7. The molecule has 0 radical (unpaired) electrons. The Morgan fingerprint density at radius 3 is 1.97 bits per heavy atom. The summed E-state index contributed by atoms with van der Waals surface area (Å²) < 4.78 is 3.61. The van der Waals surface area contributed by atoms with E-state index in [0.717, 1.165) is 22.4 Å². The highest BCUT2D eigenvalue weighted by molar-refractivity contribution is 6.11.